The molecule has 0 aliphatic rings. The number of carbonyl (C=O) groups excluding carboxylic acids is 5. The van der Waals surface area contributed by atoms with Gasteiger partial charge in [-0.05, 0) is 23.8 Å². The SMILES string of the molecule is C=CC(=O)Oc1cc(C=CC(=O)Oc2cc(OC(=O)C=C)cc(OC(=O)C=C)c2)cc(OC(=O)C=C)c1. The Morgan fingerprint density at radius 2 is 0.730 bits per heavy atom. The number of hydrogen-bond donors (Lipinski definition) is 0. The number of rotatable bonds is 11. The lowest BCUT2D eigenvalue weighted by Gasteiger charge is -2.09. The second kappa shape index (κ2) is 13.4. The summed E-state index contributed by atoms with van der Waals surface area (Å²) >= 11 is 0. The van der Waals surface area contributed by atoms with E-state index in [0.29, 0.717) is 5.56 Å². The summed E-state index contributed by atoms with van der Waals surface area (Å²) in [5.41, 5.74) is 0.299. The van der Waals surface area contributed by atoms with E-state index in [9.17, 15) is 24.0 Å². The van der Waals surface area contributed by atoms with E-state index in [0.717, 1.165) is 30.4 Å². The summed E-state index contributed by atoms with van der Waals surface area (Å²) in [6.45, 7) is 13.2. The molecule has 0 saturated carbocycles. The van der Waals surface area contributed by atoms with Crippen LogP contribution in [-0.2, 0) is 24.0 Å². The van der Waals surface area contributed by atoms with Crippen LogP contribution in [0.5, 0.6) is 28.7 Å². The van der Waals surface area contributed by atoms with Crippen molar-refractivity contribution in [3.63, 3.8) is 0 Å². The van der Waals surface area contributed by atoms with Crippen LogP contribution in [0.3, 0.4) is 0 Å². The van der Waals surface area contributed by atoms with Crippen LogP contribution < -0.4 is 23.7 Å². The molecule has 2 aromatic rings. The molecule has 2 rings (SSSR count). The predicted octanol–water partition coefficient (Wildman–Crippen LogP) is 3.67. The minimum atomic E-state index is -0.883. The van der Waals surface area contributed by atoms with Crippen LogP contribution in [0.25, 0.3) is 6.08 Å². The Hall–Kier alpha value is -5.51. The van der Waals surface area contributed by atoms with Crippen LogP contribution in [0.15, 0.2) is 93.1 Å². The van der Waals surface area contributed by atoms with Crippen LogP contribution >= 0.6 is 0 Å². The molecule has 0 radical (unpaired) electrons. The Bertz CT molecular complexity index is 1240. The van der Waals surface area contributed by atoms with Gasteiger partial charge < -0.3 is 23.7 Å². The molecule has 0 unspecified atom stereocenters. The first-order chi connectivity index (χ1) is 17.6. The molecule has 0 aliphatic heterocycles. The molecule has 10 heteroatoms. The summed E-state index contributed by atoms with van der Waals surface area (Å²) in [5, 5.41) is 0. The van der Waals surface area contributed by atoms with Gasteiger partial charge in [-0.3, -0.25) is 0 Å². The maximum absolute atomic E-state index is 12.4. The number of carbonyl (C=O) groups is 5. The molecule has 0 N–H and O–H groups in total. The van der Waals surface area contributed by atoms with Crippen molar-refractivity contribution in [3.05, 3.63) is 98.7 Å². The van der Waals surface area contributed by atoms with Crippen molar-refractivity contribution in [3.8, 4) is 28.7 Å². The Morgan fingerprint density at radius 3 is 1.03 bits per heavy atom. The van der Waals surface area contributed by atoms with Gasteiger partial charge in [0.25, 0.3) is 0 Å². The lowest BCUT2D eigenvalue weighted by molar-refractivity contribution is -0.130. The van der Waals surface area contributed by atoms with Gasteiger partial charge in [0.15, 0.2) is 0 Å². The second-order valence-electron chi connectivity index (χ2n) is 6.63. The number of ether oxygens (including phenoxy) is 5. The Kier molecular flexibility index (Phi) is 10.0. The normalized spacial score (nSPS) is 9.95. The van der Waals surface area contributed by atoms with Crippen LogP contribution in [0.4, 0.5) is 0 Å². The third kappa shape index (κ3) is 9.33. The predicted molar refractivity (Wildman–Crippen MR) is 131 cm³/mol. The Balaban J connectivity index is 2.30. The van der Waals surface area contributed by atoms with Gasteiger partial charge in [0.05, 0.1) is 0 Å². The number of esters is 5. The zero-order valence-electron chi connectivity index (χ0n) is 19.3. The molecular weight excluding hydrogens is 484 g/mol. The van der Waals surface area contributed by atoms with Gasteiger partial charge in [-0.15, -0.1) is 0 Å². The lowest BCUT2D eigenvalue weighted by Crippen LogP contribution is -2.08. The Morgan fingerprint density at radius 1 is 0.459 bits per heavy atom. The topological polar surface area (TPSA) is 132 Å². The van der Waals surface area contributed by atoms with E-state index in [1.807, 2.05) is 0 Å². The van der Waals surface area contributed by atoms with E-state index in [4.69, 9.17) is 23.7 Å². The molecular formula is C27H20O10. The second-order valence-corrected chi connectivity index (χ2v) is 6.63. The van der Waals surface area contributed by atoms with Gasteiger partial charge in [0.2, 0.25) is 0 Å². The molecule has 0 bridgehead atoms. The summed E-state index contributed by atoms with van der Waals surface area (Å²) in [5.74, 6) is -4.26. The molecule has 188 valence electrons. The zero-order chi connectivity index (χ0) is 27.4. The van der Waals surface area contributed by atoms with Crippen molar-refractivity contribution in [1.29, 1.82) is 0 Å². The van der Waals surface area contributed by atoms with Gasteiger partial charge >= 0.3 is 29.8 Å². The van der Waals surface area contributed by atoms with Crippen molar-refractivity contribution in [2.45, 2.75) is 0 Å². The third-order valence-electron chi connectivity index (χ3n) is 3.93. The largest absolute Gasteiger partial charge is 0.423 e. The van der Waals surface area contributed by atoms with E-state index in [-0.39, 0.29) is 28.7 Å². The zero-order valence-corrected chi connectivity index (χ0v) is 19.3. The van der Waals surface area contributed by atoms with Gasteiger partial charge in [-0.2, -0.15) is 0 Å². The summed E-state index contributed by atoms with van der Waals surface area (Å²) in [4.78, 5) is 58.6. The van der Waals surface area contributed by atoms with E-state index in [2.05, 4.69) is 26.3 Å². The Labute approximate surface area is 211 Å². The first-order valence-electron chi connectivity index (χ1n) is 10.2. The van der Waals surface area contributed by atoms with Crippen LogP contribution in [0.2, 0.25) is 0 Å². The summed E-state index contributed by atoms with van der Waals surface area (Å²) in [7, 11) is 0. The number of hydrogen-bond acceptors (Lipinski definition) is 10. The van der Waals surface area contributed by atoms with Gasteiger partial charge in [0, 0.05) is 54.6 Å². The molecule has 0 amide bonds. The number of benzene rings is 2. The minimum Gasteiger partial charge on any atom is -0.423 e. The minimum absolute atomic E-state index is 0.0118. The summed E-state index contributed by atoms with van der Waals surface area (Å²) in [6, 6.07) is 7.69. The fourth-order valence-corrected chi connectivity index (χ4v) is 2.48. The maximum atomic E-state index is 12.4. The highest BCUT2D eigenvalue weighted by molar-refractivity contribution is 5.90. The maximum Gasteiger partial charge on any atom is 0.336 e. The van der Waals surface area contributed by atoms with Gasteiger partial charge in [0.1, 0.15) is 28.7 Å². The molecule has 0 saturated heterocycles. The van der Waals surface area contributed by atoms with Crippen molar-refractivity contribution >= 4 is 35.9 Å². The molecule has 0 fully saturated rings. The molecule has 10 nitrogen and oxygen atoms in total. The smallest absolute Gasteiger partial charge is 0.336 e. The molecule has 0 aromatic heterocycles. The van der Waals surface area contributed by atoms with E-state index in [1.54, 1.807) is 0 Å². The van der Waals surface area contributed by atoms with Crippen molar-refractivity contribution in [1.82, 2.24) is 0 Å². The average Bonchev–Trinajstić information content (AvgIpc) is 2.86. The molecule has 0 spiro atoms. The fourth-order valence-electron chi connectivity index (χ4n) is 2.48. The summed E-state index contributed by atoms with van der Waals surface area (Å²) < 4.78 is 25.3. The van der Waals surface area contributed by atoms with E-state index >= 15 is 0 Å². The van der Waals surface area contributed by atoms with E-state index in [1.165, 1.54) is 42.5 Å². The van der Waals surface area contributed by atoms with Crippen LogP contribution in [0.1, 0.15) is 5.56 Å². The first kappa shape index (κ1) is 27.7. The molecule has 37 heavy (non-hydrogen) atoms. The van der Waals surface area contributed by atoms with Crippen molar-refractivity contribution in [2.75, 3.05) is 0 Å². The molecule has 2 aromatic carbocycles. The molecule has 0 atom stereocenters. The first-order valence-corrected chi connectivity index (χ1v) is 10.2. The highest BCUT2D eigenvalue weighted by Crippen LogP contribution is 2.29. The van der Waals surface area contributed by atoms with Crippen molar-refractivity contribution in [2.24, 2.45) is 0 Å². The molecule has 0 heterocycles. The van der Waals surface area contributed by atoms with Gasteiger partial charge in [-0.25, -0.2) is 24.0 Å². The highest BCUT2D eigenvalue weighted by atomic mass is 16.6. The van der Waals surface area contributed by atoms with E-state index < -0.39 is 29.8 Å². The lowest BCUT2D eigenvalue weighted by atomic mass is 10.2. The van der Waals surface area contributed by atoms with Gasteiger partial charge in [-0.1, -0.05) is 26.3 Å². The summed E-state index contributed by atoms with van der Waals surface area (Å²) in [6.07, 6.45) is 6.02. The standard InChI is InChI=1S/C27H20O10/c1-5-23(28)33-18-11-17(12-19(13-18)34-24(29)6-2)9-10-27(32)37-22-15-20(35-25(30)7-3)14-21(16-22)36-26(31)8-4/h5-16H,1-4H2. The monoisotopic (exact) mass is 504 g/mol. The quantitative estimate of drug-likeness (QED) is 0.254. The highest BCUT2D eigenvalue weighted by Gasteiger charge is 2.12. The van der Waals surface area contributed by atoms with Crippen molar-refractivity contribution < 1.29 is 47.7 Å². The van der Waals surface area contributed by atoms with Crippen LogP contribution in [-0.4, -0.2) is 29.8 Å². The fraction of sp³-hybridized carbons (Fsp3) is 0. The molecule has 0 aliphatic carbocycles. The third-order valence-corrected chi connectivity index (χ3v) is 3.93. The van der Waals surface area contributed by atoms with Crippen LogP contribution in [0, 0.1) is 0 Å². The average molecular weight is 504 g/mol.